The van der Waals surface area contributed by atoms with Crippen molar-refractivity contribution in [1.82, 2.24) is 9.97 Å². The normalized spacial score (nSPS) is 11.4. The molecule has 2 heterocycles. The van der Waals surface area contributed by atoms with Gasteiger partial charge in [-0.1, -0.05) is 0 Å². The zero-order valence-corrected chi connectivity index (χ0v) is 11.7. The second-order valence-corrected chi connectivity index (χ2v) is 4.63. The standard InChI is InChI=1S/C13H11BrFN3O/c1-19-11(8-2-3-12(15)17-6-8)5-9-4-10(14)7-18-13(9)16/h2-7H,1H3,(H2,16,18). The molecule has 2 rings (SSSR count). The topological polar surface area (TPSA) is 61.0 Å². The number of nitrogens with zero attached hydrogens (tertiary/aromatic N) is 2. The summed E-state index contributed by atoms with van der Waals surface area (Å²) in [5, 5.41) is 0. The van der Waals surface area contributed by atoms with Gasteiger partial charge in [0.15, 0.2) is 0 Å². The fourth-order valence-corrected chi connectivity index (χ4v) is 1.85. The molecule has 0 saturated heterocycles. The number of hydrogen-bond acceptors (Lipinski definition) is 4. The van der Waals surface area contributed by atoms with Crippen LogP contribution in [0.5, 0.6) is 0 Å². The molecular weight excluding hydrogens is 313 g/mol. The minimum absolute atomic E-state index is 0.382. The second-order valence-electron chi connectivity index (χ2n) is 3.71. The van der Waals surface area contributed by atoms with Crippen molar-refractivity contribution in [2.24, 2.45) is 0 Å². The van der Waals surface area contributed by atoms with Crippen molar-refractivity contribution < 1.29 is 9.13 Å². The smallest absolute Gasteiger partial charge is 0.212 e. The molecule has 6 heteroatoms. The molecule has 0 unspecified atom stereocenters. The number of nitrogens with two attached hydrogens (primary N) is 1. The van der Waals surface area contributed by atoms with Crippen LogP contribution in [0.4, 0.5) is 10.2 Å². The van der Waals surface area contributed by atoms with Gasteiger partial charge >= 0.3 is 0 Å². The Labute approximate surface area is 118 Å². The van der Waals surface area contributed by atoms with Crippen molar-refractivity contribution in [3.63, 3.8) is 0 Å². The number of methoxy groups -OCH3 is 1. The van der Waals surface area contributed by atoms with Crippen molar-refractivity contribution >= 4 is 33.6 Å². The molecule has 0 bridgehead atoms. The Hall–Kier alpha value is -1.95. The Morgan fingerprint density at radius 3 is 2.79 bits per heavy atom. The Kier molecular flexibility index (Phi) is 4.11. The van der Waals surface area contributed by atoms with Crippen LogP contribution < -0.4 is 5.73 Å². The highest BCUT2D eigenvalue weighted by molar-refractivity contribution is 9.10. The van der Waals surface area contributed by atoms with E-state index in [9.17, 15) is 4.39 Å². The van der Waals surface area contributed by atoms with E-state index >= 15 is 0 Å². The van der Waals surface area contributed by atoms with Crippen LogP contribution in [-0.4, -0.2) is 17.1 Å². The van der Waals surface area contributed by atoms with E-state index in [4.69, 9.17) is 10.5 Å². The summed E-state index contributed by atoms with van der Waals surface area (Å²) in [5.41, 5.74) is 7.15. The zero-order valence-electron chi connectivity index (χ0n) is 10.1. The van der Waals surface area contributed by atoms with Crippen LogP contribution >= 0.6 is 15.9 Å². The van der Waals surface area contributed by atoms with Gasteiger partial charge in [0.05, 0.1) is 7.11 Å². The third kappa shape index (κ3) is 3.29. The van der Waals surface area contributed by atoms with Crippen LogP contribution in [-0.2, 0) is 4.74 Å². The molecule has 0 fully saturated rings. The first-order valence-electron chi connectivity index (χ1n) is 5.39. The van der Waals surface area contributed by atoms with E-state index in [2.05, 4.69) is 25.9 Å². The zero-order chi connectivity index (χ0) is 13.8. The predicted octanol–water partition coefficient (Wildman–Crippen LogP) is 3.10. The quantitative estimate of drug-likeness (QED) is 0.696. The molecule has 0 atom stereocenters. The Balaban J connectivity index is 2.43. The fourth-order valence-electron chi connectivity index (χ4n) is 1.50. The molecule has 19 heavy (non-hydrogen) atoms. The van der Waals surface area contributed by atoms with Crippen LogP contribution in [0.3, 0.4) is 0 Å². The van der Waals surface area contributed by atoms with Gasteiger partial charge < -0.3 is 10.5 Å². The molecule has 0 aliphatic carbocycles. The highest BCUT2D eigenvalue weighted by atomic mass is 79.9. The molecular formula is C13H11BrFN3O. The molecule has 0 amide bonds. The molecule has 2 aromatic rings. The van der Waals surface area contributed by atoms with Gasteiger partial charge in [0, 0.05) is 28.0 Å². The summed E-state index contributed by atoms with van der Waals surface area (Å²) in [6.07, 6.45) is 4.73. The molecule has 0 radical (unpaired) electrons. The van der Waals surface area contributed by atoms with E-state index in [0.29, 0.717) is 22.7 Å². The lowest BCUT2D eigenvalue weighted by Gasteiger charge is -2.07. The molecule has 2 N–H and O–H groups in total. The number of ether oxygens (including phenoxy) is 1. The largest absolute Gasteiger partial charge is 0.496 e. The third-order valence-corrected chi connectivity index (χ3v) is 2.87. The minimum atomic E-state index is -0.539. The van der Waals surface area contributed by atoms with Crippen LogP contribution in [0.25, 0.3) is 11.8 Å². The van der Waals surface area contributed by atoms with Gasteiger partial charge in [0.2, 0.25) is 5.95 Å². The molecule has 0 aliphatic heterocycles. The minimum Gasteiger partial charge on any atom is -0.496 e. The molecule has 98 valence electrons. The van der Waals surface area contributed by atoms with Gasteiger partial charge in [0.1, 0.15) is 11.6 Å². The number of rotatable bonds is 3. The summed E-state index contributed by atoms with van der Waals surface area (Å²) in [5.74, 6) is 0.370. The van der Waals surface area contributed by atoms with E-state index in [-0.39, 0.29) is 0 Å². The molecule has 0 saturated carbocycles. The maximum absolute atomic E-state index is 12.8. The van der Waals surface area contributed by atoms with Crippen LogP contribution in [0.2, 0.25) is 0 Å². The van der Waals surface area contributed by atoms with E-state index in [1.807, 2.05) is 6.07 Å². The van der Waals surface area contributed by atoms with Crippen LogP contribution in [0, 0.1) is 5.95 Å². The summed E-state index contributed by atoms with van der Waals surface area (Å²) in [4.78, 5) is 7.61. The lowest BCUT2D eigenvalue weighted by molar-refractivity contribution is 0.372. The lowest BCUT2D eigenvalue weighted by Crippen LogP contribution is -1.95. The SMILES string of the molecule is COC(=Cc1cc(Br)cnc1N)c1ccc(F)nc1. The van der Waals surface area contributed by atoms with Crippen molar-refractivity contribution in [1.29, 1.82) is 0 Å². The summed E-state index contributed by atoms with van der Waals surface area (Å²) in [7, 11) is 1.52. The Morgan fingerprint density at radius 2 is 2.16 bits per heavy atom. The number of hydrogen-bond donors (Lipinski definition) is 1. The molecule has 0 spiro atoms. The summed E-state index contributed by atoms with van der Waals surface area (Å²) in [6.45, 7) is 0. The van der Waals surface area contributed by atoms with Crippen molar-refractivity contribution in [2.45, 2.75) is 0 Å². The molecule has 0 aliphatic rings. The number of pyridine rings is 2. The molecule has 2 aromatic heterocycles. The number of aromatic nitrogens is 2. The van der Waals surface area contributed by atoms with E-state index in [1.54, 1.807) is 18.3 Å². The lowest BCUT2D eigenvalue weighted by atomic mass is 10.1. The van der Waals surface area contributed by atoms with Gasteiger partial charge in [-0.2, -0.15) is 4.39 Å². The Morgan fingerprint density at radius 1 is 1.37 bits per heavy atom. The van der Waals surface area contributed by atoms with Crippen molar-refractivity contribution in [3.05, 3.63) is 52.1 Å². The fraction of sp³-hybridized carbons (Fsp3) is 0.0769. The maximum atomic E-state index is 12.8. The highest BCUT2D eigenvalue weighted by Crippen LogP contribution is 2.23. The Bertz CT molecular complexity index is 614. The summed E-state index contributed by atoms with van der Waals surface area (Å²) < 4.78 is 18.9. The van der Waals surface area contributed by atoms with Gasteiger partial charge in [-0.15, -0.1) is 0 Å². The summed E-state index contributed by atoms with van der Waals surface area (Å²) in [6, 6.07) is 4.67. The van der Waals surface area contributed by atoms with E-state index < -0.39 is 5.95 Å². The monoisotopic (exact) mass is 323 g/mol. The first-order valence-corrected chi connectivity index (χ1v) is 6.18. The van der Waals surface area contributed by atoms with Gasteiger partial charge in [-0.3, -0.25) is 0 Å². The van der Waals surface area contributed by atoms with Crippen LogP contribution in [0.15, 0.2) is 35.1 Å². The second kappa shape index (κ2) is 5.79. The van der Waals surface area contributed by atoms with Crippen molar-refractivity contribution in [2.75, 3.05) is 12.8 Å². The number of anilines is 1. The first kappa shape index (κ1) is 13.5. The van der Waals surface area contributed by atoms with Gasteiger partial charge in [-0.05, 0) is 40.2 Å². The molecule has 4 nitrogen and oxygen atoms in total. The van der Waals surface area contributed by atoms with Crippen LogP contribution in [0.1, 0.15) is 11.1 Å². The predicted molar refractivity (Wildman–Crippen MR) is 75.4 cm³/mol. The van der Waals surface area contributed by atoms with E-state index in [0.717, 1.165) is 4.47 Å². The molecule has 0 aromatic carbocycles. The maximum Gasteiger partial charge on any atom is 0.212 e. The average Bonchev–Trinajstić information content (AvgIpc) is 2.41. The van der Waals surface area contributed by atoms with Gasteiger partial charge in [-0.25, -0.2) is 9.97 Å². The third-order valence-electron chi connectivity index (χ3n) is 2.43. The first-order chi connectivity index (χ1) is 9.10. The summed E-state index contributed by atoms with van der Waals surface area (Å²) >= 11 is 3.32. The van der Waals surface area contributed by atoms with Gasteiger partial charge in [0.25, 0.3) is 0 Å². The number of halogens is 2. The van der Waals surface area contributed by atoms with Crippen molar-refractivity contribution in [3.8, 4) is 0 Å². The number of nitrogen functional groups attached to an aromatic ring is 1. The van der Waals surface area contributed by atoms with E-state index in [1.165, 1.54) is 19.4 Å². The highest BCUT2D eigenvalue weighted by Gasteiger charge is 2.06. The average molecular weight is 324 g/mol.